The van der Waals surface area contributed by atoms with Crippen LogP contribution in [0.5, 0.6) is 0 Å². The van der Waals surface area contributed by atoms with Crippen molar-refractivity contribution >= 4 is 40.6 Å². The molecular formula is C19H18ClFN4O2S. The van der Waals surface area contributed by atoms with E-state index in [-0.39, 0.29) is 15.9 Å². The van der Waals surface area contributed by atoms with Crippen LogP contribution in [-0.2, 0) is 0 Å². The molecule has 0 spiro atoms. The lowest BCUT2D eigenvalue weighted by Crippen LogP contribution is -2.51. The molecule has 9 heteroatoms. The molecule has 0 aliphatic carbocycles. The Morgan fingerprint density at radius 2 is 2.07 bits per heavy atom. The molecular weight excluding hydrogens is 403 g/mol. The maximum atomic E-state index is 13.6. The third-order valence-corrected chi connectivity index (χ3v) is 5.68. The number of nitrogens with zero attached hydrogens (tertiary/aromatic N) is 1. The van der Waals surface area contributed by atoms with Gasteiger partial charge < -0.3 is 16.8 Å². The number of hydrogen-bond acceptors (Lipinski definition) is 4. The van der Waals surface area contributed by atoms with Crippen molar-refractivity contribution in [2.75, 3.05) is 18.0 Å². The van der Waals surface area contributed by atoms with Crippen LogP contribution in [0.15, 0.2) is 24.3 Å². The van der Waals surface area contributed by atoms with Gasteiger partial charge in [0.1, 0.15) is 10.7 Å². The second-order valence-corrected chi connectivity index (χ2v) is 7.74. The fourth-order valence-corrected chi connectivity index (χ4v) is 4.03. The van der Waals surface area contributed by atoms with Crippen LogP contribution in [-0.4, -0.2) is 31.1 Å². The van der Waals surface area contributed by atoms with Gasteiger partial charge in [-0.1, -0.05) is 23.4 Å². The van der Waals surface area contributed by atoms with Gasteiger partial charge in [0.25, 0.3) is 5.91 Å². The standard InChI is InChI=1S/C19H18ClFN4O2S/c20-14-6-4-11(8-15(14)21)3-5-13-9-16(17(28-13)18(22)26)25(19(23)27)12-2-1-7-24-10-12/h4,6,8-9,12,24H,1-2,7,10H2,(H2,22,26)(H2,23,27)/t12-/m0/s1. The highest BCUT2D eigenvalue weighted by Gasteiger charge is 2.29. The average Bonchev–Trinajstić information content (AvgIpc) is 3.07. The summed E-state index contributed by atoms with van der Waals surface area (Å²) in [5.74, 6) is 4.46. The number of hydrogen-bond donors (Lipinski definition) is 3. The summed E-state index contributed by atoms with van der Waals surface area (Å²) in [6, 6.07) is 5.01. The number of urea groups is 1. The minimum atomic E-state index is -0.666. The Kier molecular flexibility index (Phi) is 6.19. The lowest BCUT2D eigenvalue weighted by atomic mass is 10.1. The molecule has 0 bridgehead atoms. The van der Waals surface area contributed by atoms with E-state index in [0.29, 0.717) is 22.7 Å². The quantitative estimate of drug-likeness (QED) is 0.665. The summed E-state index contributed by atoms with van der Waals surface area (Å²) >= 11 is 6.73. The first-order chi connectivity index (χ1) is 13.4. The Labute approximate surface area is 170 Å². The molecule has 1 aliphatic heterocycles. The number of benzene rings is 1. The number of primary amides is 2. The monoisotopic (exact) mass is 420 g/mol. The van der Waals surface area contributed by atoms with E-state index in [1.54, 1.807) is 12.1 Å². The predicted octanol–water partition coefficient (Wildman–Crippen LogP) is 2.68. The zero-order valence-corrected chi connectivity index (χ0v) is 16.4. The molecule has 1 atom stereocenters. The Balaban J connectivity index is 1.97. The molecule has 146 valence electrons. The largest absolute Gasteiger partial charge is 0.365 e. The second-order valence-electron chi connectivity index (χ2n) is 6.28. The van der Waals surface area contributed by atoms with E-state index >= 15 is 0 Å². The molecule has 3 rings (SSSR count). The normalized spacial score (nSPS) is 16.1. The van der Waals surface area contributed by atoms with Crippen LogP contribution in [0.1, 0.15) is 33.0 Å². The Morgan fingerprint density at radius 1 is 1.29 bits per heavy atom. The van der Waals surface area contributed by atoms with Crippen LogP contribution in [0.2, 0.25) is 5.02 Å². The molecule has 2 aromatic rings. The number of carbonyl (C=O) groups excluding carboxylic acids is 2. The molecule has 0 saturated carbocycles. The van der Waals surface area contributed by atoms with E-state index < -0.39 is 17.8 Å². The van der Waals surface area contributed by atoms with Crippen molar-refractivity contribution in [3.63, 3.8) is 0 Å². The summed E-state index contributed by atoms with van der Waals surface area (Å²) in [6.07, 6.45) is 1.65. The van der Waals surface area contributed by atoms with Gasteiger partial charge in [-0.05, 0) is 43.7 Å². The van der Waals surface area contributed by atoms with E-state index in [9.17, 15) is 14.0 Å². The van der Waals surface area contributed by atoms with Gasteiger partial charge in [0.05, 0.1) is 21.6 Å². The summed E-state index contributed by atoms with van der Waals surface area (Å²) in [5, 5.41) is 3.23. The topological polar surface area (TPSA) is 101 Å². The zero-order chi connectivity index (χ0) is 20.3. The number of nitrogens with one attached hydrogen (secondary N) is 1. The SMILES string of the molecule is NC(=O)c1sc(C#Cc2ccc(Cl)c(F)c2)cc1N(C(N)=O)[C@H]1CCCNC1. The van der Waals surface area contributed by atoms with E-state index in [1.807, 2.05) is 0 Å². The summed E-state index contributed by atoms with van der Waals surface area (Å²) in [7, 11) is 0. The highest BCUT2D eigenvalue weighted by Crippen LogP contribution is 2.32. The fourth-order valence-electron chi connectivity index (χ4n) is 3.06. The number of anilines is 1. The minimum absolute atomic E-state index is 0.0122. The van der Waals surface area contributed by atoms with Gasteiger partial charge in [-0.2, -0.15) is 0 Å². The van der Waals surface area contributed by atoms with E-state index in [1.165, 1.54) is 17.0 Å². The van der Waals surface area contributed by atoms with Crippen molar-refractivity contribution in [1.82, 2.24) is 5.32 Å². The summed E-state index contributed by atoms with van der Waals surface area (Å²) in [4.78, 5) is 26.2. The number of piperidine rings is 1. The Bertz CT molecular complexity index is 976. The van der Waals surface area contributed by atoms with Crippen molar-refractivity contribution in [3.05, 3.63) is 50.4 Å². The zero-order valence-electron chi connectivity index (χ0n) is 14.8. The maximum Gasteiger partial charge on any atom is 0.319 e. The first-order valence-electron chi connectivity index (χ1n) is 8.57. The fraction of sp³-hybridized carbons (Fsp3) is 0.263. The van der Waals surface area contributed by atoms with Gasteiger partial charge in [-0.25, -0.2) is 9.18 Å². The van der Waals surface area contributed by atoms with Gasteiger partial charge in [-0.3, -0.25) is 9.69 Å². The third kappa shape index (κ3) is 4.44. The molecule has 1 aromatic heterocycles. The van der Waals surface area contributed by atoms with E-state index in [0.717, 1.165) is 30.7 Å². The molecule has 1 aromatic carbocycles. The molecule has 5 N–H and O–H groups in total. The molecule has 1 fully saturated rings. The van der Waals surface area contributed by atoms with E-state index in [2.05, 4.69) is 17.2 Å². The predicted molar refractivity (Wildman–Crippen MR) is 108 cm³/mol. The Hall–Kier alpha value is -2.60. The van der Waals surface area contributed by atoms with Gasteiger partial charge >= 0.3 is 6.03 Å². The summed E-state index contributed by atoms with van der Waals surface area (Å²) in [6.45, 7) is 1.44. The number of amides is 3. The molecule has 3 amide bonds. The van der Waals surface area contributed by atoms with Gasteiger partial charge in [-0.15, -0.1) is 11.3 Å². The second kappa shape index (κ2) is 8.61. The molecule has 0 unspecified atom stereocenters. The summed E-state index contributed by atoms with van der Waals surface area (Å²) < 4.78 is 13.6. The Morgan fingerprint density at radius 3 is 2.68 bits per heavy atom. The number of nitrogens with two attached hydrogens (primary N) is 2. The van der Waals surface area contributed by atoms with Gasteiger partial charge in [0.15, 0.2) is 0 Å². The molecule has 2 heterocycles. The average molecular weight is 421 g/mol. The highest BCUT2D eigenvalue weighted by atomic mass is 35.5. The molecule has 6 nitrogen and oxygen atoms in total. The van der Waals surface area contributed by atoms with Crippen LogP contribution in [0, 0.1) is 17.7 Å². The molecule has 1 aliphatic rings. The minimum Gasteiger partial charge on any atom is -0.365 e. The first kappa shape index (κ1) is 20.1. The number of halogens is 2. The number of thiophene rings is 1. The van der Waals surface area contributed by atoms with Crippen LogP contribution in [0.4, 0.5) is 14.9 Å². The van der Waals surface area contributed by atoms with Crippen LogP contribution >= 0.6 is 22.9 Å². The highest BCUT2D eigenvalue weighted by molar-refractivity contribution is 7.15. The maximum absolute atomic E-state index is 13.6. The third-order valence-electron chi connectivity index (χ3n) is 4.32. The number of rotatable bonds is 3. The summed E-state index contributed by atoms with van der Waals surface area (Å²) in [5.41, 5.74) is 11.9. The van der Waals surface area contributed by atoms with Crippen molar-refractivity contribution in [3.8, 4) is 11.8 Å². The van der Waals surface area contributed by atoms with Crippen molar-refractivity contribution in [1.29, 1.82) is 0 Å². The van der Waals surface area contributed by atoms with Crippen LogP contribution < -0.4 is 21.7 Å². The van der Waals surface area contributed by atoms with Crippen LogP contribution in [0.3, 0.4) is 0 Å². The van der Waals surface area contributed by atoms with Crippen molar-refractivity contribution in [2.45, 2.75) is 18.9 Å². The van der Waals surface area contributed by atoms with Crippen molar-refractivity contribution in [2.24, 2.45) is 11.5 Å². The smallest absolute Gasteiger partial charge is 0.319 e. The van der Waals surface area contributed by atoms with Crippen molar-refractivity contribution < 1.29 is 14.0 Å². The van der Waals surface area contributed by atoms with E-state index in [4.69, 9.17) is 23.1 Å². The lowest BCUT2D eigenvalue weighted by molar-refractivity contribution is 0.100. The molecule has 1 saturated heterocycles. The van der Waals surface area contributed by atoms with Crippen LogP contribution in [0.25, 0.3) is 0 Å². The van der Waals surface area contributed by atoms with Gasteiger partial charge in [0.2, 0.25) is 0 Å². The number of carbonyl (C=O) groups is 2. The van der Waals surface area contributed by atoms with Gasteiger partial charge in [0, 0.05) is 12.1 Å². The first-order valence-corrected chi connectivity index (χ1v) is 9.76. The lowest BCUT2D eigenvalue weighted by Gasteiger charge is -2.33. The molecule has 28 heavy (non-hydrogen) atoms. The molecule has 0 radical (unpaired) electrons.